The predicted octanol–water partition coefficient (Wildman–Crippen LogP) is 0.916. The summed E-state index contributed by atoms with van der Waals surface area (Å²) in [5, 5.41) is 13.5. The number of pyridine rings is 1. The SMILES string of the molecule is Cc1nc2ccccn2c1CC(=O)N1CCn2nc(CO)cc2C1. The molecule has 24 heavy (non-hydrogen) atoms. The Bertz CT molecular complexity index is 911. The van der Waals surface area contributed by atoms with E-state index in [1.54, 1.807) is 0 Å². The van der Waals surface area contributed by atoms with Gasteiger partial charge in [0, 0.05) is 12.7 Å². The minimum Gasteiger partial charge on any atom is -0.390 e. The fraction of sp³-hybridized carbons (Fsp3) is 0.353. The van der Waals surface area contributed by atoms with Crippen LogP contribution in [0.1, 0.15) is 22.8 Å². The number of aliphatic hydroxyl groups excluding tert-OH is 1. The zero-order valence-electron chi connectivity index (χ0n) is 13.5. The van der Waals surface area contributed by atoms with Crippen molar-refractivity contribution in [3.05, 3.63) is 53.2 Å². The van der Waals surface area contributed by atoms with Gasteiger partial charge in [0.15, 0.2) is 0 Å². The Hall–Kier alpha value is -2.67. The summed E-state index contributed by atoms with van der Waals surface area (Å²) in [4.78, 5) is 19.1. The first kappa shape index (κ1) is 14.9. The Morgan fingerprint density at radius 1 is 1.33 bits per heavy atom. The van der Waals surface area contributed by atoms with Crippen LogP contribution in [-0.4, -0.2) is 41.6 Å². The number of aliphatic hydroxyl groups is 1. The summed E-state index contributed by atoms with van der Waals surface area (Å²) in [5.41, 5.74) is 4.30. The zero-order chi connectivity index (χ0) is 16.7. The number of imidazole rings is 1. The molecule has 7 heteroatoms. The number of aromatic nitrogens is 4. The highest BCUT2D eigenvalue weighted by Crippen LogP contribution is 2.17. The van der Waals surface area contributed by atoms with Crippen molar-refractivity contribution in [1.82, 2.24) is 24.1 Å². The normalized spacial score (nSPS) is 14.2. The molecule has 4 rings (SSSR count). The predicted molar refractivity (Wildman–Crippen MR) is 87.2 cm³/mol. The van der Waals surface area contributed by atoms with E-state index < -0.39 is 0 Å². The minimum atomic E-state index is -0.0744. The fourth-order valence-electron chi connectivity index (χ4n) is 3.25. The molecule has 1 aliphatic rings. The molecule has 0 saturated heterocycles. The number of rotatable bonds is 3. The Labute approximate surface area is 139 Å². The van der Waals surface area contributed by atoms with Crippen molar-refractivity contribution in [2.45, 2.75) is 33.0 Å². The molecule has 1 amide bonds. The van der Waals surface area contributed by atoms with Crippen LogP contribution in [0, 0.1) is 6.92 Å². The maximum atomic E-state index is 12.8. The fourth-order valence-corrected chi connectivity index (χ4v) is 3.25. The highest BCUT2D eigenvalue weighted by atomic mass is 16.3. The van der Waals surface area contributed by atoms with Gasteiger partial charge in [0.2, 0.25) is 5.91 Å². The van der Waals surface area contributed by atoms with E-state index in [-0.39, 0.29) is 12.5 Å². The van der Waals surface area contributed by atoms with Gasteiger partial charge in [-0.15, -0.1) is 0 Å². The van der Waals surface area contributed by atoms with Crippen molar-refractivity contribution < 1.29 is 9.90 Å². The van der Waals surface area contributed by atoms with Crippen molar-refractivity contribution in [3.8, 4) is 0 Å². The molecule has 1 N–H and O–H groups in total. The number of fused-ring (bicyclic) bond motifs is 2. The van der Waals surface area contributed by atoms with Crippen LogP contribution in [0.5, 0.6) is 0 Å². The first-order valence-corrected chi connectivity index (χ1v) is 8.02. The van der Waals surface area contributed by atoms with Crippen molar-refractivity contribution >= 4 is 11.6 Å². The third-order valence-corrected chi connectivity index (χ3v) is 4.51. The molecule has 0 unspecified atom stereocenters. The molecule has 0 fully saturated rings. The lowest BCUT2D eigenvalue weighted by molar-refractivity contribution is -0.132. The molecular formula is C17H19N5O2. The summed E-state index contributed by atoms with van der Waals surface area (Å²) in [5.74, 6) is 0.0850. The van der Waals surface area contributed by atoms with Crippen molar-refractivity contribution in [3.63, 3.8) is 0 Å². The quantitative estimate of drug-likeness (QED) is 0.777. The van der Waals surface area contributed by atoms with Crippen LogP contribution in [0.3, 0.4) is 0 Å². The molecule has 1 aliphatic heterocycles. The van der Waals surface area contributed by atoms with Crippen LogP contribution in [0.15, 0.2) is 30.5 Å². The van der Waals surface area contributed by atoms with Gasteiger partial charge in [0.25, 0.3) is 0 Å². The van der Waals surface area contributed by atoms with Gasteiger partial charge < -0.3 is 14.4 Å². The average Bonchev–Trinajstić information content (AvgIpc) is 3.15. The lowest BCUT2D eigenvalue weighted by Crippen LogP contribution is -2.39. The van der Waals surface area contributed by atoms with Crippen LogP contribution in [0.4, 0.5) is 0 Å². The van der Waals surface area contributed by atoms with E-state index in [1.807, 2.05) is 51.4 Å². The summed E-state index contributed by atoms with van der Waals surface area (Å²) in [6, 6.07) is 7.69. The van der Waals surface area contributed by atoms with Gasteiger partial charge in [-0.25, -0.2) is 4.98 Å². The minimum absolute atomic E-state index is 0.0744. The van der Waals surface area contributed by atoms with E-state index in [0.29, 0.717) is 31.7 Å². The van der Waals surface area contributed by atoms with Crippen molar-refractivity contribution in [2.24, 2.45) is 0 Å². The van der Waals surface area contributed by atoms with Crippen LogP contribution in [0.25, 0.3) is 5.65 Å². The van der Waals surface area contributed by atoms with E-state index in [4.69, 9.17) is 0 Å². The molecule has 3 aromatic heterocycles. The van der Waals surface area contributed by atoms with Gasteiger partial charge in [0.05, 0.1) is 48.9 Å². The van der Waals surface area contributed by atoms with Gasteiger partial charge in [-0.05, 0) is 25.1 Å². The second kappa shape index (κ2) is 5.76. The van der Waals surface area contributed by atoms with Crippen LogP contribution < -0.4 is 0 Å². The largest absolute Gasteiger partial charge is 0.390 e. The second-order valence-corrected chi connectivity index (χ2v) is 6.07. The third kappa shape index (κ3) is 2.46. The van der Waals surface area contributed by atoms with Gasteiger partial charge in [-0.3, -0.25) is 9.48 Å². The number of carbonyl (C=O) groups excluding carboxylic acids is 1. The maximum Gasteiger partial charge on any atom is 0.229 e. The Kier molecular flexibility index (Phi) is 3.57. The molecule has 0 radical (unpaired) electrons. The highest BCUT2D eigenvalue weighted by molar-refractivity contribution is 5.79. The molecule has 0 atom stereocenters. The molecule has 0 aromatic carbocycles. The number of hydrogen-bond donors (Lipinski definition) is 1. The molecule has 4 heterocycles. The molecular weight excluding hydrogens is 306 g/mol. The van der Waals surface area contributed by atoms with Gasteiger partial charge in [-0.1, -0.05) is 6.07 Å². The molecule has 0 aliphatic carbocycles. The number of amides is 1. The first-order valence-electron chi connectivity index (χ1n) is 8.02. The van der Waals surface area contributed by atoms with Crippen molar-refractivity contribution in [1.29, 1.82) is 0 Å². The number of carbonyl (C=O) groups is 1. The monoisotopic (exact) mass is 325 g/mol. The summed E-state index contributed by atoms with van der Waals surface area (Å²) in [6.45, 7) is 3.69. The molecule has 0 bridgehead atoms. The molecule has 3 aromatic rings. The topological polar surface area (TPSA) is 75.7 Å². The third-order valence-electron chi connectivity index (χ3n) is 4.51. The first-order chi connectivity index (χ1) is 11.7. The summed E-state index contributed by atoms with van der Waals surface area (Å²) < 4.78 is 3.85. The Morgan fingerprint density at radius 3 is 3.04 bits per heavy atom. The molecule has 0 spiro atoms. The van der Waals surface area contributed by atoms with Crippen molar-refractivity contribution in [2.75, 3.05) is 6.54 Å². The van der Waals surface area contributed by atoms with E-state index in [9.17, 15) is 9.90 Å². The lowest BCUT2D eigenvalue weighted by Gasteiger charge is -2.27. The van der Waals surface area contributed by atoms with E-state index in [0.717, 1.165) is 22.7 Å². The summed E-state index contributed by atoms with van der Waals surface area (Å²) in [6.07, 6.45) is 2.27. The van der Waals surface area contributed by atoms with Gasteiger partial charge >= 0.3 is 0 Å². The van der Waals surface area contributed by atoms with Crippen LogP contribution in [-0.2, 0) is 30.9 Å². The molecule has 7 nitrogen and oxygen atoms in total. The maximum absolute atomic E-state index is 12.8. The molecule has 124 valence electrons. The van der Waals surface area contributed by atoms with Crippen LogP contribution >= 0.6 is 0 Å². The lowest BCUT2D eigenvalue weighted by atomic mass is 10.2. The highest BCUT2D eigenvalue weighted by Gasteiger charge is 2.23. The van der Waals surface area contributed by atoms with E-state index >= 15 is 0 Å². The van der Waals surface area contributed by atoms with Gasteiger partial charge in [-0.2, -0.15) is 5.10 Å². The average molecular weight is 325 g/mol. The number of hydrogen-bond acceptors (Lipinski definition) is 4. The number of aryl methyl sites for hydroxylation is 1. The van der Waals surface area contributed by atoms with E-state index in [2.05, 4.69) is 10.1 Å². The Morgan fingerprint density at radius 2 is 2.21 bits per heavy atom. The van der Waals surface area contributed by atoms with Crippen LogP contribution in [0.2, 0.25) is 0 Å². The smallest absolute Gasteiger partial charge is 0.229 e. The summed E-state index contributed by atoms with van der Waals surface area (Å²) in [7, 11) is 0. The standard InChI is InChI=1S/C17H19N5O2/c1-12-15(21-5-3-2-4-16(21)18-12)9-17(24)20-6-7-22-14(10-20)8-13(11-23)19-22/h2-5,8,23H,6-7,9-11H2,1H3. The Balaban J connectivity index is 1.55. The zero-order valence-corrected chi connectivity index (χ0v) is 13.5. The number of nitrogens with zero attached hydrogens (tertiary/aromatic N) is 5. The van der Waals surface area contributed by atoms with E-state index in [1.165, 1.54) is 0 Å². The summed E-state index contributed by atoms with van der Waals surface area (Å²) >= 11 is 0. The molecule has 0 saturated carbocycles. The van der Waals surface area contributed by atoms with Gasteiger partial charge in [0.1, 0.15) is 5.65 Å². The second-order valence-electron chi connectivity index (χ2n) is 6.07.